The Morgan fingerprint density at radius 3 is 2.69 bits per heavy atom. The monoisotopic (exact) mass is 511 g/mol. The third-order valence-corrected chi connectivity index (χ3v) is 7.89. The zero-order valence-corrected chi connectivity index (χ0v) is 22.9. The summed E-state index contributed by atoms with van der Waals surface area (Å²) in [5, 5.41) is 10.2. The van der Waals surface area contributed by atoms with Gasteiger partial charge in [0, 0.05) is 18.8 Å². The van der Waals surface area contributed by atoms with Gasteiger partial charge in [0.1, 0.15) is 11.5 Å². The van der Waals surface area contributed by atoms with E-state index in [0.29, 0.717) is 25.2 Å². The SMILES string of the molecule is C=C/C(O)=C(\C=C(\C)Cc1cc(OCP2(=O)OCCC(c3ccncc3)O2)cc(C)c1CC)C(C)C. The summed E-state index contributed by atoms with van der Waals surface area (Å²) in [6, 6.07) is 7.71. The number of nitrogens with zero attached hydrogens (tertiary/aromatic N) is 1. The lowest BCUT2D eigenvalue weighted by Crippen LogP contribution is -2.17. The minimum absolute atomic E-state index is 0.152. The number of hydrogen-bond acceptors (Lipinski definition) is 6. The van der Waals surface area contributed by atoms with E-state index in [4.69, 9.17) is 13.8 Å². The summed E-state index contributed by atoms with van der Waals surface area (Å²) >= 11 is 0. The number of aliphatic hydroxyl groups excluding tert-OH is 1. The lowest BCUT2D eigenvalue weighted by atomic mass is 9.92. The van der Waals surface area contributed by atoms with Crippen molar-refractivity contribution >= 4 is 7.60 Å². The predicted octanol–water partition coefficient (Wildman–Crippen LogP) is 7.80. The van der Waals surface area contributed by atoms with Crippen molar-refractivity contribution in [1.29, 1.82) is 0 Å². The third kappa shape index (κ3) is 7.19. The van der Waals surface area contributed by atoms with Crippen LogP contribution in [0.5, 0.6) is 5.75 Å². The maximum Gasteiger partial charge on any atom is 0.368 e. The number of aryl methyl sites for hydroxylation is 1. The molecule has 1 aromatic carbocycles. The average Bonchev–Trinajstić information content (AvgIpc) is 2.86. The van der Waals surface area contributed by atoms with Crippen LogP contribution in [-0.4, -0.2) is 23.0 Å². The zero-order chi connectivity index (χ0) is 26.3. The van der Waals surface area contributed by atoms with Crippen molar-refractivity contribution in [1.82, 2.24) is 4.98 Å². The molecule has 3 rings (SSSR count). The molecule has 2 heterocycles. The van der Waals surface area contributed by atoms with Gasteiger partial charge in [-0.1, -0.05) is 39.0 Å². The molecule has 0 radical (unpaired) electrons. The molecule has 1 N–H and O–H groups in total. The molecule has 0 saturated carbocycles. The van der Waals surface area contributed by atoms with Gasteiger partial charge in [0.05, 0.1) is 12.7 Å². The first-order valence-electron chi connectivity index (χ1n) is 12.5. The van der Waals surface area contributed by atoms with Gasteiger partial charge in [-0.25, -0.2) is 0 Å². The van der Waals surface area contributed by atoms with Crippen LogP contribution in [0.25, 0.3) is 0 Å². The van der Waals surface area contributed by atoms with Crippen LogP contribution in [0.15, 0.2) is 72.3 Å². The van der Waals surface area contributed by atoms with Crippen LogP contribution in [0.1, 0.15) is 62.5 Å². The average molecular weight is 512 g/mol. The Morgan fingerprint density at radius 1 is 1.33 bits per heavy atom. The molecule has 1 aliphatic heterocycles. The van der Waals surface area contributed by atoms with Crippen LogP contribution in [0.3, 0.4) is 0 Å². The van der Waals surface area contributed by atoms with Gasteiger partial charge in [-0.2, -0.15) is 0 Å². The quantitative estimate of drug-likeness (QED) is 0.199. The predicted molar refractivity (Wildman–Crippen MR) is 144 cm³/mol. The highest BCUT2D eigenvalue weighted by Crippen LogP contribution is 2.55. The summed E-state index contributed by atoms with van der Waals surface area (Å²) in [4.78, 5) is 4.04. The smallest absolute Gasteiger partial charge is 0.368 e. The van der Waals surface area contributed by atoms with Gasteiger partial charge in [-0.3, -0.25) is 14.1 Å². The van der Waals surface area contributed by atoms with Crippen LogP contribution in [0.2, 0.25) is 0 Å². The molecule has 1 saturated heterocycles. The van der Waals surface area contributed by atoms with Crippen LogP contribution >= 0.6 is 7.60 Å². The Hall–Kier alpha value is -2.66. The molecule has 194 valence electrons. The van der Waals surface area contributed by atoms with Crippen molar-refractivity contribution < 1.29 is 23.5 Å². The Morgan fingerprint density at radius 2 is 2.06 bits per heavy atom. The first-order valence-corrected chi connectivity index (χ1v) is 14.2. The van der Waals surface area contributed by atoms with Gasteiger partial charge in [0.2, 0.25) is 0 Å². The molecule has 2 unspecified atom stereocenters. The number of ether oxygens (including phenoxy) is 1. The van der Waals surface area contributed by atoms with Crippen LogP contribution in [-0.2, 0) is 26.5 Å². The lowest BCUT2D eigenvalue weighted by molar-refractivity contribution is 0.0725. The number of allylic oxidation sites excluding steroid dienone is 4. The number of rotatable bonds is 10. The Balaban J connectivity index is 1.79. The van der Waals surface area contributed by atoms with E-state index in [9.17, 15) is 9.67 Å². The van der Waals surface area contributed by atoms with E-state index in [1.54, 1.807) is 12.4 Å². The van der Waals surface area contributed by atoms with Crippen LogP contribution in [0.4, 0.5) is 0 Å². The van der Waals surface area contributed by atoms with E-state index in [2.05, 4.69) is 32.3 Å². The van der Waals surface area contributed by atoms with Crippen molar-refractivity contribution in [2.24, 2.45) is 5.92 Å². The van der Waals surface area contributed by atoms with E-state index in [0.717, 1.165) is 34.3 Å². The molecule has 1 aromatic heterocycles. The summed E-state index contributed by atoms with van der Waals surface area (Å²) in [6.07, 6.45) is 8.67. The molecule has 7 heteroatoms. The van der Waals surface area contributed by atoms with Crippen LogP contribution in [0, 0.1) is 12.8 Å². The van der Waals surface area contributed by atoms with Gasteiger partial charge < -0.3 is 14.4 Å². The normalized spacial score (nSPS) is 21.3. The number of aromatic nitrogens is 1. The highest BCUT2D eigenvalue weighted by molar-refractivity contribution is 7.53. The van der Waals surface area contributed by atoms with Crippen molar-refractivity contribution in [2.75, 3.05) is 13.0 Å². The molecular weight excluding hydrogens is 473 g/mol. The summed E-state index contributed by atoms with van der Waals surface area (Å²) < 4.78 is 30.8. The zero-order valence-electron chi connectivity index (χ0n) is 22.0. The Labute approximate surface area is 215 Å². The van der Waals surface area contributed by atoms with Crippen molar-refractivity contribution in [3.8, 4) is 5.75 Å². The molecule has 0 spiro atoms. The second-order valence-electron chi connectivity index (χ2n) is 9.48. The number of benzene rings is 1. The molecule has 0 bridgehead atoms. The largest absolute Gasteiger partial charge is 0.508 e. The molecule has 1 fully saturated rings. The van der Waals surface area contributed by atoms with Gasteiger partial charge in [-0.15, -0.1) is 0 Å². The topological polar surface area (TPSA) is 77.9 Å². The second kappa shape index (κ2) is 12.5. The fourth-order valence-corrected chi connectivity index (χ4v) is 5.98. The van der Waals surface area contributed by atoms with Crippen molar-refractivity contribution in [3.05, 3.63) is 94.5 Å². The molecule has 2 aromatic rings. The van der Waals surface area contributed by atoms with Gasteiger partial charge in [0.15, 0.2) is 6.35 Å². The maximum absolute atomic E-state index is 13.3. The Kier molecular flexibility index (Phi) is 9.72. The van der Waals surface area contributed by atoms with E-state index in [1.165, 1.54) is 11.6 Å². The minimum Gasteiger partial charge on any atom is -0.508 e. The molecule has 2 atom stereocenters. The fourth-order valence-electron chi connectivity index (χ4n) is 4.48. The molecule has 36 heavy (non-hydrogen) atoms. The summed E-state index contributed by atoms with van der Waals surface area (Å²) in [6.45, 7) is 14.4. The van der Waals surface area contributed by atoms with E-state index < -0.39 is 7.60 Å². The van der Waals surface area contributed by atoms with Gasteiger partial charge >= 0.3 is 7.60 Å². The molecule has 0 aliphatic carbocycles. The first-order chi connectivity index (χ1) is 17.2. The molecular formula is C29H38NO5P. The highest BCUT2D eigenvalue weighted by atomic mass is 31.2. The third-order valence-electron chi connectivity index (χ3n) is 6.30. The molecule has 6 nitrogen and oxygen atoms in total. The maximum atomic E-state index is 13.3. The number of pyridine rings is 1. The molecule has 1 aliphatic rings. The summed E-state index contributed by atoms with van der Waals surface area (Å²) in [5.41, 5.74) is 6.42. The minimum atomic E-state index is -3.42. The number of hydrogen-bond donors (Lipinski definition) is 1. The second-order valence-corrected chi connectivity index (χ2v) is 11.4. The fraction of sp³-hybridized carbons (Fsp3) is 0.414. The van der Waals surface area contributed by atoms with E-state index in [-0.39, 0.29) is 24.1 Å². The van der Waals surface area contributed by atoms with Gasteiger partial charge in [-0.05, 0) is 90.8 Å². The molecule has 0 amide bonds. The Bertz CT molecular complexity index is 1170. The van der Waals surface area contributed by atoms with E-state index in [1.807, 2.05) is 44.2 Å². The van der Waals surface area contributed by atoms with Gasteiger partial charge in [0.25, 0.3) is 0 Å². The highest BCUT2D eigenvalue weighted by Gasteiger charge is 2.35. The van der Waals surface area contributed by atoms with Crippen molar-refractivity contribution in [2.45, 2.75) is 60.0 Å². The summed E-state index contributed by atoms with van der Waals surface area (Å²) in [7, 11) is -3.42. The lowest BCUT2D eigenvalue weighted by Gasteiger charge is -2.30. The first kappa shape index (κ1) is 27.9. The number of aliphatic hydroxyl groups is 1. The standard InChI is InChI=1S/C29H38NO5P/c1-7-26-22(6)17-25(18-24(26)15-21(5)16-27(20(3)4)28(31)8-2)33-19-36(32)34-14-11-29(35-36)23-9-12-30-13-10-23/h8-10,12-13,16-18,20,29,31H,2,7,11,14-15,19H2,1,3-6H3/b21-16-,28-27-. The van der Waals surface area contributed by atoms with Crippen LogP contribution < -0.4 is 4.74 Å². The van der Waals surface area contributed by atoms with E-state index >= 15 is 0 Å². The van der Waals surface area contributed by atoms with Crippen molar-refractivity contribution in [3.63, 3.8) is 0 Å². The summed E-state index contributed by atoms with van der Waals surface area (Å²) in [5.74, 6) is 1.01.